The molecule has 0 aromatic heterocycles. The van der Waals surface area contributed by atoms with Gasteiger partial charge in [-0.05, 0) is 95.3 Å². The summed E-state index contributed by atoms with van der Waals surface area (Å²) in [5, 5.41) is 0. The van der Waals surface area contributed by atoms with Gasteiger partial charge in [0.05, 0.1) is 0 Å². The van der Waals surface area contributed by atoms with E-state index in [4.69, 9.17) is 0 Å². The van der Waals surface area contributed by atoms with Crippen LogP contribution in [0.5, 0.6) is 0 Å². The molecule has 2 aliphatic rings. The molecule has 2 aliphatic carbocycles. The molecule has 152 valence electrons. The fourth-order valence-corrected chi connectivity index (χ4v) is 4.34. The number of rotatable bonds is 8. The highest BCUT2D eigenvalue weighted by molar-refractivity contribution is 6.17. The van der Waals surface area contributed by atoms with Crippen LogP contribution in [0.15, 0.2) is 58.7 Å². The van der Waals surface area contributed by atoms with Crippen molar-refractivity contribution in [3.05, 3.63) is 58.7 Å². The molecule has 0 spiro atoms. The summed E-state index contributed by atoms with van der Waals surface area (Å²) in [4.78, 5) is 23.2. The fraction of sp³-hybridized carbons (Fsp3) is 0.538. The van der Waals surface area contributed by atoms with Gasteiger partial charge in [-0.2, -0.15) is 0 Å². The highest BCUT2D eigenvalue weighted by Crippen LogP contribution is 2.43. The topological polar surface area (TPSA) is 34.1 Å². The van der Waals surface area contributed by atoms with E-state index in [0.29, 0.717) is 23.3 Å². The maximum atomic E-state index is 11.8. The molecule has 0 radical (unpaired) electrons. The van der Waals surface area contributed by atoms with E-state index >= 15 is 0 Å². The van der Waals surface area contributed by atoms with Crippen LogP contribution in [0, 0.1) is 11.3 Å². The van der Waals surface area contributed by atoms with E-state index in [-0.39, 0.29) is 11.6 Å². The van der Waals surface area contributed by atoms with E-state index in [1.54, 1.807) is 5.57 Å². The first-order chi connectivity index (χ1) is 13.2. The smallest absolute Gasteiger partial charge is 0.182 e. The standard InChI is InChI=1S/C26H36O2/c1-19(11-13-22-18-23(27)14-16-25(22)28)8-6-9-20(2)12-15-24-21(3)10-7-17-26(24,4)5/h9-11,14,16,18,24H,6-8,12-13,15,17H2,1-5H3/b19-11+,20-9+. The molecular weight excluding hydrogens is 344 g/mol. The minimum absolute atomic E-state index is 0.0469. The van der Waals surface area contributed by atoms with Crippen molar-refractivity contribution in [2.45, 2.75) is 79.6 Å². The summed E-state index contributed by atoms with van der Waals surface area (Å²) >= 11 is 0. The predicted octanol–water partition coefficient (Wildman–Crippen LogP) is 6.85. The van der Waals surface area contributed by atoms with Crippen molar-refractivity contribution in [2.24, 2.45) is 11.3 Å². The van der Waals surface area contributed by atoms with Gasteiger partial charge in [-0.3, -0.25) is 9.59 Å². The van der Waals surface area contributed by atoms with Crippen LogP contribution in [0.1, 0.15) is 79.6 Å². The number of ketones is 2. The normalized spacial score (nSPS) is 23.0. The van der Waals surface area contributed by atoms with Gasteiger partial charge in [-0.15, -0.1) is 0 Å². The molecule has 0 saturated heterocycles. The Morgan fingerprint density at radius 2 is 1.82 bits per heavy atom. The third-order valence-electron chi connectivity index (χ3n) is 6.31. The molecule has 28 heavy (non-hydrogen) atoms. The third kappa shape index (κ3) is 6.58. The first-order valence-electron chi connectivity index (χ1n) is 10.6. The summed E-state index contributed by atoms with van der Waals surface area (Å²) < 4.78 is 0. The molecule has 0 aromatic carbocycles. The lowest BCUT2D eigenvalue weighted by Gasteiger charge is -2.38. The lowest BCUT2D eigenvalue weighted by atomic mass is 9.67. The highest BCUT2D eigenvalue weighted by atomic mass is 16.1. The van der Waals surface area contributed by atoms with Crippen LogP contribution in [-0.2, 0) is 9.59 Å². The lowest BCUT2D eigenvalue weighted by Crippen LogP contribution is -2.27. The molecule has 2 nitrogen and oxygen atoms in total. The predicted molar refractivity (Wildman–Crippen MR) is 118 cm³/mol. The van der Waals surface area contributed by atoms with E-state index in [2.05, 4.69) is 52.8 Å². The van der Waals surface area contributed by atoms with Crippen molar-refractivity contribution >= 4 is 11.6 Å². The van der Waals surface area contributed by atoms with E-state index < -0.39 is 0 Å². The molecule has 0 fully saturated rings. The van der Waals surface area contributed by atoms with Gasteiger partial charge >= 0.3 is 0 Å². The van der Waals surface area contributed by atoms with Gasteiger partial charge in [-0.1, -0.05) is 48.8 Å². The molecule has 1 unspecified atom stereocenters. The molecule has 0 saturated carbocycles. The minimum atomic E-state index is -0.0922. The molecule has 0 aromatic rings. The van der Waals surface area contributed by atoms with Crippen molar-refractivity contribution in [1.29, 1.82) is 0 Å². The summed E-state index contributed by atoms with van der Waals surface area (Å²) in [6, 6.07) is 0. The summed E-state index contributed by atoms with van der Waals surface area (Å²) in [5.74, 6) is 0.559. The Hall–Kier alpha value is -1.96. The average Bonchev–Trinajstić information content (AvgIpc) is 2.61. The Balaban J connectivity index is 1.78. The van der Waals surface area contributed by atoms with Crippen LogP contribution in [0.25, 0.3) is 0 Å². The van der Waals surface area contributed by atoms with Crippen LogP contribution in [0.4, 0.5) is 0 Å². The zero-order valence-electron chi connectivity index (χ0n) is 18.3. The van der Waals surface area contributed by atoms with Gasteiger partial charge < -0.3 is 0 Å². The summed E-state index contributed by atoms with van der Waals surface area (Å²) in [6.45, 7) is 11.5. The Morgan fingerprint density at radius 3 is 2.54 bits per heavy atom. The third-order valence-corrected chi connectivity index (χ3v) is 6.31. The fourth-order valence-electron chi connectivity index (χ4n) is 4.34. The zero-order chi connectivity index (χ0) is 20.7. The molecule has 0 bridgehead atoms. The molecule has 2 heteroatoms. The quantitative estimate of drug-likeness (QED) is 0.341. The van der Waals surface area contributed by atoms with Crippen LogP contribution in [0.2, 0.25) is 0 Å². The summed E-state index contributed by atoms with van der Waals surface area (Å²) in [7, 11) is 0. The lowest BCUT2D eigenvalue weighted by molar-refractivity contribution is -0.114. The van der Waals surface area contributed by atoms with Gasteiger partial charge in [0.2, 0.25) is 0 Å². The second-order valence-electron chi connectivity index (χ2n) is 9.18. The molecular formula is C26H36O2. The maximum Gasteiger partial charge on any atom is 0.182 e. The SMILES string of the molecule is CC1=CCCC(C)(C)C1CC/C(C)=C/CC/C(C)=C/CC1=CC(=O)C=CC1=O. The molecule has 0 N–H and O–H groups in total. The van der Waals surface area contributed by atoms with Crippen LogP contribution in [-0.4, -0.2) is 11.6 Å². The van der Waals surface area contributed by atoms with E-state index in [9.17, 15) is 9.59 Å². The number of hydrogen-bond donors (Lipinski definition) is 0. The number of hydrogen-bond acceptors (Lipinski definition) is 2. The largest absolute Gasteiger partial charge is 0.290 e. The van der Waals surface area contributed by atoms with Gasteiger partial charge in [0.15, 0.2) is 11.6 Å². The van der Waals surface area contributed by atoms with Crippen LogP contribution >= 0.6 is 0 Å². The van der Waals surface area contributed by atoms with E-state index in [0.717, 1.165) is 19.3 Å². The average molecular weight is 381 g/mol. The summed E-state index contributed by atoms with van der Waals surface area (Å²) in [6.07, 6.45) is 18.5. The number of carbonyl (C=O) groups is 2. The number of carbonyl (C=O) groups excluding carboxylic acids is 2. The Bertz CT molecular complexity index is 753. The maximum absolute atomic E-state index is 11.8. The van der Waals surface area contributed by atoms with E-state index in [1.165, 1.54) is 48.6 Å². The van der Waals surface area contributed by atoms with Crippen molar-refractivity contribution in [2.75, 3.05) is 0 Å². The minimum Gasteiger partial charge on any atom is -0.290 e. The molecule has 2 rings (SSSR count). The number of allylic oxidation sites excluding steroid dienone is 10. The van der Waals surface area contributed by atoms with E-state index in [1.807, 2.05) is 0 Å². The molecule has 0 amide bonds. The second kappa shape index (κ2) is 10.0. The van der Waals surface area contributed by atoms with Crippen LogP contribution in [0.3, 0.4) is 0 Å². The molecule has 1 atom stereocenters. The van der Waals surface area contributed by atoms with Crippen LogP contribution < -0.4 is 0 Å². The van der Waals surface area contributed by atoms with Gasteiger partial charge in [0.1, 0.15) is 0 Å². The van der Waals surface area contributed by atoms with Gasteiger partial charge in [0, 0.05) is 5.57 Å². The Labute approximate surface area is 171 Å². The Kier molecular flexibility index (Phi) is 7.98. The summed E-state index contributed by atoms with van der Waals surface area (Å²) in [5.41, 5.74) is 5.33. The van der Waals surface area contributed by atoms with Gasteiger partial charge in [0.25, 0.3) is 0 Å². The second-order valence-corrected chi connectivity index (χ2v) is 9.18. The Morgan fingerprint density at radius 1 is 1.11 bits per heavy atom. The first kappa shape index (κ1) is 22.3. The molecule has 0 aliphatic heterocycles. The van der Waals surface area contributed by atoms with Crippen molar-refractivity contribution < 1.29 is 9.59 Å². The highest BCUT2D eigenvalue weighted by Gasteiger charge is 2.32. The monoisotopic (exact) mass is 380 g/mol. The molecule has 0 heterocycles. The van der Waals surface area contributed by atoms with Crippen molar-refractivity contribution in [1.82, 2.24) is 0 Å². The first-order valence-corrected chi connectivity index (χ1v) is 10.6. The van der Waals surface area contributed by atoms with Crippen molar-refractivity contribution in [3.63, 3.8) is 0 Å². The van der Waals surface area contributed by atoms with Gasteiger partial charge in [-0.25, -0.2) is 0 Å². The zero-order valence-corrected chi connectivity index (χ0v) is 18.3. The van der Waals surface area contributed by atoms with Crippen molar-refractivity contribution in [3.8, 4) is 0 Å².